The van der Waals surface area contributed by atoms with Crippen molar-refractivity contribution in [3.8, 4) is 17.2 Å². The molecule has 4 rings (SSSR count). The third-order valence-corrected chi connectivity index (χ3v) is 6.98. The first-order valence-electron chi connectivity index (χ1n) is 11.5. The molecule has 0 N–H and O–H groups in total. The van der Waals surface area contributed by atoms with Crippen LogP contribution >= 0.6 is 11.6 Å². The summed E-state index contributed by atoms with van der Waals surface area (Å²) in [6.45, 7) is 3.01. The lowest BCUT2D eigenvalue weighted by atomic mass is 9.63. The average molecular weight is 488 g/mol. The second kappa shape index (κ2) is 10.2. The minimum atomic E-state index is -0.495. The Balaban J connectivity index is 1.49. The molecular formula is C26H30ClNO6. The third kappa shape index (κ3) is 4.59. The van der Waals surface area contributed by atoms with Crippen LogP contribution in [0.2, 0.25) is 5.02 Å². The van der Waals surface area contributed by atoms with E-state index in [9.17, 15) is 9.59 Å². The van der Waals surface area contributed by atoms with E-state index in [1.54, 1.807) is 12.1 Å². The van der Waals surface area contributed by atoms with Crippen molar-refractivity contribution in [2.45, 2.75) is 37.7 Å². The van der Waals surface area contributed by atoms with E-state index >= 15 is 0 Å². The average Bonchev–Trinajstić information content (AvgIpc) is 2.82. The number of nitrogens with zero attached hydrogens (tertiary/aromatic N) is 1. The first-order chi connectivity index (χ1) is 16.4. The lowest BCUT2D eigenvalue weighted by molar-refractivity contribution is -0.149. The zero-order valence-corrected chi connectivity index (χ0v) is 20.5. The van der Waals surface area contributed by atoms with Gasteiger partial charge in [-0.25, -0.2) is 0 Å². The van der Waals surface area contributed by atoms with Crippen molar-refractivity contribution in [1.29, 1.82) is 0 Å². The smallest absolute Gasteiger partial charge is 0.233 e. The Kier molecular flexibility index (Phi) is 7.33. The largest absolute Gasteiger partial charge is 0.493 e. The molecule has 2 fully saturated rings. The van der Waals surface area contributed by atoms with Crippen LogP contribution in [0, 0.1) is 0 Å². The molecule has 7 nitrogen and oxygen atoms in total. The van der Waals surface area contributed by atoms with E-state index in [2.05, 4.69) is 0 Å². The van der Waals surface area contributed by atoms with Crippen molar-refractivity contribution in [2.75, 3.05) is 40.5 Å². The number of Topliss-reactive ketones (excluding diaryl/α,β-unsaturated/α-hetero) is 1. The van der Waals surface area contributed by atoms with E-state index in [0.29, 0.717) is 47.5 Å². The zero-order valence-electron chi connectivity index (χ0n) is 19.8. The Morgan fingerprint density at radius 2 is 1.82 bits per heavy atom. The van der Waals surface area contributed by atoms with Crippen molar-refractivity contribution in [1.82, 2.24) is 4.90 Å². The van der Waals surface area contributed by atoms with Gasteiger partial charge in [-0.3, -0.25) is 9.59 Å². The SMILES string of the molecule is COc1ccc(C(C)=O)c(OCC2CN(C(=O)C3(c4ccc(Cl)cc4)CCC3)CCO2)c1OC. The van der Waals surface area contributed by atoms with Crippen LogP contribution in [0.3, 0.4) is 0 Å². The van der Waals surface area contributed by atoms with Gasteiger partial charge in [0.2, 0.25) is 11.7 Å². The van der Waals surface area contributed by atoms with Gasteiger partial charge in [0, 0.05) is 11.6 Å². The zero-order chi connectivity index (χ0) is 24.3. The number of benzene rings is 2. The lowest BCUT2D eigenvalue weighted by Crippen LogP contribution is -2.56. The number of amides is 1. The Morgan fingerprint density at radius 3 is 2.41 bits per heavy atom. The Hall–Kier alpha value is -2.77. The molecule has 0 bridgehead atoms. The predicted octanol–water partition coefficient (Wildman–Crippen LogP) is 4.29. The van der Waals surface area contributed by atoms with Crippen LogP contribution in [0.15, 0.2) is 36.4 Å². The van der Waals surface area contributed by atoms with Crippen molar-refractivity contribution in [3.05, 3.63) is 52.5 Å². The number of morpholine rings is 1. The molecule has 1 saturated carbocycles. The predicted molar refractivity (Wildman–Crippen MR) is 128 cm³/mol. The highest BCUT2D eigenvalue weighted by Gasteiger charge is 2.48. The number of hydrogen-bond donors (Lipinski definition) is 0. The van der Waals surface area contributed by atoms with Crippen LogP contribution in [0.5, 0.6) is 17.2 Å². The van der Waals surface area contributed by atoms with Crippen molar-refractivity contribution in [3.63, 3.8) is 0 Å². The van der Waals surface area contributed by atoms with Crippen LogP contribution in [0.1, 0.15) is 42.1 Å². The molecule has 182 valence electrons. The molecule has 1 aliphatic heterocycles. The molecule has 1 saturated heterocycles. The van der Waals surface area contributed by atoms with Crippen LogP contribution < -0.4 is 14.2 Å². The van der Waals surface area contributed by atoms with Gasteiger partial charge in [0.05, 0.1) is 38.3 Å². The summed E-state index contributed by atoms with van der Waals surface area (Å²) < 4.78 is 22.8. The Morgan fingerprint density at radius 1 is 1.09 bits per heavy atom. The van der Waals surface area contributed by atoms with Gasteiger partial charge < -0.3 is 23.8 Å². The lowest BCUT2D eigenvalue weighted by Gasteiger charge is -2.45. The number of halogens is 1. The van der Waals surface area contributed by atoms with Gasteiger partial charge in [-0.15, -0.1) is 0 Å². The molecule has 1 amide bonds. The van der Waals surface area contributed by atoms with Crippen molar-refractivity contribution in [2.24, 2.45) is 0 Å². The number of ketones is 1. The summed E-state index contributed by atoms with van der Waals surface area (Å²) in [4.78, 5) is 27.7. The second-order valence-electron chi connectivity index (χ2n) is 8.73. The first-order valence-corrected chi connectivity index (χ1v) is 11.8. The summed E-state index contributed by atoms with van der Waals surface area (Å²) in [5.74, 6) is 1.12. The Bertz CT molecular complexity index is 1050. The molecule has 2 aromatic carbocycles. The number of ether oxygens (including phenoxy) is 4. The molecule has 0 spiro atoms. The molecule has 0 radical (unpaired) electrons. The van der Waals surface area contributed by atoms with Crippen LogP contribution in [0.25, 0.3) is 0 Å². The number of carbonyl (C=O) groups is 2. The van der Waals surface area contributed by atoms with Gasteiger partial charge in [-0.2, -0.15) is 0 Å². The highest BCUT2D eigenvalue weighted by atomic mass is 35.5. The minimum Gasteiger partial charge on any atom is -0.493 e. The van der Waals surface area contributed by atoms with E-state index in [0.717, 1.165) is 24.8 Å². The monoisotopic (exact) mass is 487 g/mol. The van der Waals surface area contributed by atoms with Crippen molar-refractivity contribution >= 4 is 23.3 Å². The van der Waals surface area contributed by atoms with Gasteiger partial charge in [0.1, 0.15) is 12.7 Å². The van der Waals surface area contributed by atoms with E-state index in [1.807, 2.05) is 29.2 Å². The van der Waals surface area contributed by atoms with Crippen LogP contribution in [-0.2, 0) is 14.9 Å². The van der Waals surface area contributed by atoms with Crippen LogP contribution in [-0.4, -0.2) is 63.2 Å². The summed E-state index contributed by atoms with van der Waals surface area (Å²) in [6.07, 6.45) is 2.34. The molecule has 0 aromatic heterocycles. The van der Waals surface area contributed by atoms with Gasteiger partial charge in [0.25, 0.3) is 0 Å². The van der Waals surface area contributed by atoms with Gasteiger partial charge >= 0.3 is 0 Å². The molecule has 1 atom stereocenters. The number of methoxy groups -OCH3 is 2. The number of hydrogen-bond acceptors (Lipinski definition) is 6. The normalized spacial score (nSPS) is 19.2. The van der Waals surface area contributed by atoms with E-state index < -0.39 is 5.41 Å². The second-order valence-corrected chi connectivity index (χ2v) is 9.17. The molecule has 34 heavy (non-hydrogen) atoms. The standard InChI is InChI=1S/C26H30ClNO6/c1-17(29)21-9-10-22(31-2)24(32-3)23(21)34-16-20-15-28(13-14-33-20)25(30)26(11-4-12-26)18-5-7-19(27)8-6-18/h5-10,20H,4,11-16H2,1-3H3. The highest BCUT2D eigenvalue weighted by Crippen LogP contribution is 2.46. The maximum atomic E-state index is 13.7. The molecule has 1 heterocycles. The summed E-state index contributed by atoms with van der Waals surface area (Å²) in [7, 11) is 3.03. The quantitative estimate of drug-likeness (QED) is 0.517. The summed E-state index contributed by atoms with van der Waals surface area (Å²) in [5.41, 5.74) is 0.919. The minimum absolute atomic E-state index is 0.123. The Labute approximate surface area is 204 Å². The van der Waals surface area contributed by atoms with Crippen molar-refractivity contribution < 1.29 is 28.5 Å². The van der Waals surface area contributed by atoms with Gasteiger partial charge in [-0.1, -0.05) is 30.2 Å². The summed E-state index contributed by atoms with van der Waals surface area (Å²) in [5, 5.41) is 0.659. The van der Waals surface area contributed by atoms with Gasteiger partial charge in [0.15, 0.2) is 17.3 Å². The number of carbonyl (C=O) groups excluding carboxylic acids is 2. The fraction of sp³-hybridized carbons (Fsp3) is 0.462. The fourth-order valence-corrected chi connectivity index (χ4v) is 4.85. The summed E-state index contributed by atoms with van der Waals surface area (Å²) in [6, 6.07) is 10.9. The molecule has 8 heteroatoms. The molecule has 2 aromatic rings. The first kappa shape index (κ1) is 24.4. The summed E-state index contributed by atoms with van der Waals surface area (Å²) >= 11 is 6.06. The topological polar surface area (TPSA) is 74.3 Å². The molecule has 2 aliphatic rings. The van der Waals surface area contributed by atoms with E-state index in [-0.39, 0.29) is 24.4 Å². The molecule has 1 unspecified atom stereocenters. The van der Waals surface area contributed by atoms with E-state index in [1.165, 1.54) is 21.1 Å². The van der Waals surface area contributed by atoms with Gasteiger partial charge in [-0.05, 0) is 49.6 Å². The number of rotatable bonds is 8. The molecular weight excluding hydrogens is 458 g/mol. The molecule has 1 aliphatic carbocycles. The third-order valence-electron chi connectivity index (χ3n) is 6.73. The highest BCUT2D eigenvalue weighted by molar-refractivity contribution is 6.30. The van der Waals surface area contributed by atoms with E-state index in [4.69, 9.17) is 30.5 Å². The maximum absolute atomic E-state index is 13.7. The fourth-order valence-electron chi connectivity index (χ4n) is 4.73. The maximum Gasteiger partial charge on any atom is 0.233 e. The van der Waals surface area contributed by atoms with Crippen LogP contribution in [0.4, 0.5) is 0 Å².